The van der Waals surface area contributed by atoms with Gasteiger partial charge in [0.25, 0.3) is 0 Å². The molecule has 0 amide bonds. The van der Waals surface area contributed by atoms with Crippen molar-refractivity contribution in [2.45, 2.75) is 38.3 Å². The van der Waals surface area contributed by atoms with Gasteiger partial charge in [0.05, 0.1) is 0 Å². The quantitative estimate of drug-likeness (QED) is 0.792. The van der Waals surface area contributed by atoms with Crippen LogP contribution in [-0.4, -0.2) is 6.04 Å². The molecule has 2 fully saturated rings. The summed E-state index contributed by atoms with van der Waals surface area (Å²) in [5, 5.41) is 3.73. The smallest absolute Gasteiger partial charge is 0.0208 e. The van der Waals surface area contributed by atoms with E-state index in [1.54, 1.807) is 0 Å². The predicted molar refractivity (Wildman–Crippen MR) is 62.5 cm³/mol. The van der Waals surface area contributed by atoms with E-state index < -0.39 is 0 Å². The molecule has 3 atom stereocenters. The van der Waals surface area contributed by atoms with E-state index in [9.17, 15) is 0 Å². The van der Waals surface area contributed by atoms with Crippen molar-refractivity contribution in [2.75, 3.05) is 0 Å². The first-order chi connectivity index (χ1) is 7.42. The fourth-order valence-electron chi connectivity index (χ4n) is 3.34. The third-order valence-electron chi connectivity index (χ3n) is 4.15. The topological polar surface area (TPSA) is 12.0 Å². The summed E-state index contributed by atoms with van der Waals surface area (Å²) >= 11 is 0. The van der Waals surface area contributed by atoms with Gasteiger partial charge in [0.15, 0.2) is 0 Å². The van der Waals surface area contributed by atoms with Crippen molar-refractivity contribution in [3.05, 3.63) is 35.9 Å². The van der Waals surface area contributed by atoms with Crippen LogP contribution in [0.15, 0.2) is 30.3 Å². The van der Waals surface area contributed by atoms with Crippen molar-refractivity contribution in [1.29, 1.82) is 0 Å². The Bertz CT molecular complexity index is 319. The Kier molecular flexibility index (Phi) is 2.49. The first-order valence-electron chi connectivity index (χ1n) is 6.19. The van der Waals surface area contributed by atoms with Gasteiger partial charge >= 0.3 is 0 Å². The SMILES string of the molecule is c1ccc(CNC2CC3CCC2C3)cc1. The molecule has 0 spiro atoms. The lowest BCUT2D eigenvalue weighted by Gasteiger charge is -2.22. The number of nitrogens with one attached hydrogen (secondary N) is 1. The van der Waals surface area contributed by atoms with Gasteiger partial charge in [-0.1, -0.05) is 36.8 Å². The van der Waals surface area contributed by atoms with Crippen LogP contribution >= 0.6 is 0 Å². The molecule has 2 saturated carbocycles. The van der Waals surface area contributed by atoms with Crippen molar-refractivity contribution < 1.29 is 0 Å². The van der Waals surface area contributed by atoms with E-state index in [0.29, 0.717) is 0 Å². The van der Waals surface area contributed by atoms with Gasteiger partial charge in [-0.05, 0) is 36.7 Å². The second-order valence-electron chi connectivity index (χ2n) is 5.15. The Hall–Kier alpha value is -0.820. The summed E-state index contributed by atoms with van der Waals surface area (Å²) in [6.45, 7) is 1.05. The molecule has 0 aromatic heterocycles. The Labute approximate surface area is 91.9 Å². The van der Waals surface area contributed by atoms with E-state index in [2.05, 4.69) is 35.6 Å². The van der Waals surface area contributed by atoms with Gasteiger partial charge < -0.3 is 5.32 Å². The predicted octanol–water partition coefficient (Wildman–Crippen LogP) is 2.96. The van der Waals surface area contributed by atoms with Crippen LogP contribution in [0.4, 0.5) is 0 Å². The lowest BCUT2D eigenvalue weighted by atomic mass is 9.95. The van der Waals surface area contributed by atoms with Crippen molar-refractivity contribution in [3.8, 4) is 0 Å². The van der Waals surface area contributed by atoms with E-state index in [4.69, 9.17) is 0 Å². The van der Waals surface area contributed by atoms with Crippen LogP contribution in [-0.2, 0) is 6.54 Å². The second kappa shape index (κ2) is 3.97. The van der Waals surface area contributed by atoms with Gasteiger partial charge in [0, 0.05) is 12.6 Å². The molecule has 0 aliphatic heterocycles. The van der Waals surface area contributed by atoms with E-state index in [1.807, 2.05) is 0 Å². The monoisotopic (exact) mass is 201 g/mol. The Balaban J connectivity index is 1.55. The van der Waals surface area contributed by atoms with Crippen LogP contribution in [0.1, 0.15) is 31.2 Å². The zero-order valence-corrected chi connectivity index (χ0v) is 9.15. The molecule has 2 bridgehead atoms. The van der Waals surface area contributed by atoms with Crippen molar-refractivity contribution >= 4 is 0 Å². The minimum absolute atomic E-state index is 0.809. The summed E-state index contributed by atoms with van der Waals surface area (Å²) in [4.78, 5) is 0. The fraction of sp³-hybridized carbons (Fsp3) is 0.571. The molecular formula is C14H19N. The molecule has 3 unspecified atom stereocenters. The van der Waals surface area contributed by atoms with Gasteiger partial charge in [-0.15, -0.1) is 0 Å². The number of rotatable bonds is 3. The van der Waals surface area contributed by atoms with E-state index in [-0.39, 0.29) is 0 Å². The Morgan fingerprint density at radius 3 is 2.60 bits per heavy atom. The summed E-state index contributed by atoms with van der Waals surface area (Å²) in [6, 6.07) is 11.6. The zero-order chi connectivity index (χ0) is 10.1. The van der Waals surface area contributed by atoms with Gasteiger partial charge in [-0.3, -0.25) is 0 Å². The Morgan fingerprint density at radius 2 is 1.93 bits per heavy atom. The molecule has 3 rings (SSSR count). The fourth-order valence-corrected chi connectivity index (χ4v) is 3.34. The molecule has 1 N–H and O–H groups in total. The minimum atomic E-state index is 0.809. The maximum absolute atomic E-state index is 3.73. The molecule has 0 heterocycles. The zero-order valence-electron chi connectivity index (χ0n) is 9.15. The standard InChI is InChI=1S/C14H19N/c1-2-4-11(5-3-1)10-15-14-9-12-6-7-13(14)8-12/h1-5,12-15H,6-10H2. The van der Waals surface area contributed by atoms with E-state index in [0.717, 1.165) is 24.4 Å². The van der Waals surface area contributed by atoms with Crippen molar-refractivity contribution in [3.63, 3.8) is 0 Å². The van der Waals surface area contributed by atoms with Crippen molar-refractivity contribution in [1.82, 2.24) is 5.32 Å². The molecule has 80 valence electrons. The summed E-state index contributed by atoms with van der Waals surface area (Å²) in [5.41, 5.74) is 1.42. The second-order valence-corrected chi connectivity index (χ2v) is 5.15. The highest BCUT2D eigenvalue weighted by Gasteiger charge is 2.38. The largest absolute Gasteiger partial charge is 0.310 e. The summed E-state index contributed by atoms with van der Waals surface area (Å²) in [5.74, 6) is 2.03. The van der Waals surface area contributed by atoms with Crippen LogP contribution in [0.25, 0.3) is 0 Å². The third kappa shape index (κ3) is 1.93. The summed E-state index contributed by atoms with van der Waals surface area (Å²) in [6.07, 6.45) is 5.88. The number of benzene rings is 1. The number of hydrogen-bond acceptors (Lipinski definition) is 1. The maximum atomic E-state index is 3.73. The normalized spacial score (nSPS) is 33.5. The van der Waals surface area contributed by atoms with Crippen LogP contribution in [0.2, 0.25) is 0 Å². The number of hydrogen-bond donors (Lipinski definition) is 1. The number of fused-ring (bicyclic) bond motifs is 2. The van der Waals surface area contributed by atoms with Crippen LogP contribution in [0.5, 0.6) is 0 Å². The highest BCUT2D eigenvalue weighted by molar-refractivity contribution is 5.14. The lowest BCUT2D eigenvalue weighted by Crippen LogP contribution is -2.33. The molecule has 2 aliphatic rings. The molecule has 0 radical (unpaired) electrons. The average molecular weight is 201 g/mol. The summed E-state index contributed by atoms with van der Waals surface area (Å²) in [7, 11) is 0. The molecule has 0 saturated heterocycles. The minimum Gasteiger partial charge on any atom is -0.310 e. The summed E-state index contributed by atoms with van der Waals surface area (Å²) < 4.78 is 0. The molecule has 1 aromatic rings. The molecule has 2 aliphatic carbocycles. The molecule has 1 heteroatoms. The average Bonchev–Trinajstić information content (AvgIpc) is 2.89. The molecule has 1 aromatic carbocycles. The van der Waals surface area contributed by atoms with Gasteiger partial charge in [-0.2, -0.15) is 0 Å². The Morgan fingerprint density at radius 1 is 1.07 bits per heavy atom. The van der Waals surface area contributed by atoms with Gasteiger partial charge in [0.1, 0.15) is 0 Å². The van der Waals surface area contributed by atoms with E-state index >= 15 is 0 Å². The van der Waals surface area contributed by atoms with Gasteiger partial charge in [0.2, 0.25) is 0 Å². The van der Waals surface area contributed by atoms with Crippen LogP contribution in [0, 0.1) is 11.8 Å². The molecule has 1 nitrogen and oxygen atoms in total. The first kappa shape index (κ1) is 9.41. The highest BCUT2D eigenvalue weighted by atomic mass is 14.9. The van der Waals surface area contributed by atoms with E-state index in [1.165, 1.54) is 31.2 Å². The molecule has 15 heavy (non-hydrogen) atoms. The molecular weight excluding hydrogens is 182 g/mol. The highest BCUT2D eigenvalue weighted by Crippen LogP contribution is 2.44. The maximum Gasteiger partial charge on any atom is 0.0208 e. The van der Waals surface area contributed by atoms with Crippen molar-refractivity contribution in [2.24, 2.45) is 11.8 Å². The van der Waals surface area contributed by atoms with Gasteiger partial charge in [-0.25, -0.2) is 0 Å². The third-order valence-corrected chi connectivity index (χ3v) is 4.15. The van der Waals surface area contributed by atoms with Crippen LogP contribution in [0.3, 0.4) is 0 Å². The first-order valence-corrected chi connectivity index (χ1v) is 6.19. The lowest BCUT2D eigenvalue weighted by molar-refractivity contribution is 0.351. The van der Waals surface area contributed by atoms with Crippen LogP contribution < -0.4 is 5.32 Å².